The van der Waals surface area contributed by atoms with Crippen LogP contribution in [0.5, 0.6) is 5.75 Å². The SMILES string of the molecule is CC(=O)N[C@@H]1C(=O)N(CCCOc2ccc(Cl)cc2Cl)c2ccccc21. The second-order valence-corrected chi connectivity index (χ2v) is 6.80. The number of anilines is 1. The van der Waals surface area contributed by atoms with E-state index in [9.17, 15) is 9.59 Å². The lowest BCUT2D eigenvalue weighted by molar-refractivity contribution is -0.126. The zero-order valence-electron chi connectivity index (χ0n) is 14.2. The predicted octanol–water partition coefficient (Wildman–Crippen LogP) is 3.99. The number of halogens is 2. The number of nitrogens with zero attached hydrogens (tertiary/aromatic N) is 1. The van der Waals surface area contributed by atoms with Crippen LogP contribution in [0, 0.1) is 0 Å². The lowest BCUT2D eigenvalue weighted by atomic mass is 10.1. The number of hydrogen-bond acceptors (Lipinski definition) is 3. The van der Waals surface area contributed by atoms with Gasteiger partial charge in [0.15, 0.2) is 0 Å². The number of fused-ring (bicyclic) bond motifs is 1. The van der Waals surface area contributed by atoms with E-state index in [1.54, 1.807) is 23.1 Å². The molecular weight excluding hydrogens is 375 g/mol. The van der Waals surface area contributed by atoms with Crippen molar-refractivity contribution in [3.05, 3.63) is 58.1 Å². The van der Waals surface area contributed by atoms with Crippen molar-refractivity contribution in [3.63, 3.8) is 0 Å². The van der Waals surface area contributed by atoms with Gasteiger partial charge in [0.2, 0.25) is 5.91 Å². The molecule has 0 unspecified atom stereocenters. The fourth-order valence-corrected chi connectivity index (χ4v) is 3.42. The third kappa shape index (κ3) is 3.94. The molecule has 0 saturated heterocycles. The van der Waals surface area contributed by atoms with Crippen LogP contribution in [-0.4, -0.2) is 25.0 Å². The van der Waals surface area contributed by atoms with E-state index in [4.69, 9.17) is 27.9 Å². The van der Waals surface area contributed by atoms with Crippen LogP contribution in [0.3, 0.4) is 0 Å². The molecule has 0 aliphatic carbocycles. The van der Waals surface area contributed by atoms with Gasteiger partial charge in [0.25, 0.3) is 5.91 Å². The van der Waals surface area contributed by atoms with Crippen LogP contribution >= 0.6 is 23.2 Å². The first-order valence-corrected chi connectivity index (χ1v) is 8.98. The molecule has 0 saturated carbocycles. The number of hydrogen-bond donors (Lipinski definition) is 1. The van der Waals surface area contributed by atoms with Gasteiger partial charge in [-0.1, -0.05) is 41.4 Å². The lowest BCUT2D eigenvalue weighted by Gasteiger charge is -2.18. The summed E-state index contributed by atoms with van der Waals surface area (Å²) in [6, 6.07) is 11.9. The summed E-state index contributed by atoms with van der Waals surface area (Å²) in [4.78, 5) is 25.8. The summed E-state index contributed by atoms with van der Waals surface area (Å²) in [5.41, 5.74) is 1.63. The Morgan fingerprint density at radius 1 is 1.23 bits per heavy atom. The van der Waals surface area contributed by atoms with Gasteiger partial charge in [0.05, 0.1) is 11.6 Å². The Hall–Kier alpha value is -2.24. The third-order valence-corrected chi connectivity index (χ3v) is 4.61. The first-order chi connectivity index (χ1) is 12.5. The van der Waals surface area contributed by atoms with E-state index < -0.39 is 6.04 Å². The van der Waals surface area contributed by atoms with E-state index in [1.807, 2.05) is 24.3 Å². The Morgan fingerprint density at radius 2 is 2.00 bits per heavy atom. The van der Waals surface area contributed by atoms with Gasteiger partial charge in [-0.2, -0.15) is 0 Å². The fraction of sp³-hybridized carbons (Fsp3) is 0.263. The van der Waals surface area contributed by atoms with Crippen LogP contribution in [0.2, 0.25) is 10.0 Å². The van der Waals surface area contributed by atoms with Crippen molar-refractivity contribution in [2.75, 3.05) is 18.1 Å². The van der Waals surface area contributed by atoms with Crippen molar-refractivity contribution in [3.8, 4) is 5.75 Å². The number of ether oxygens (including phenoxy) is 1. The number of carbonyl (C=O) groups is 2. The maximum absolute atomic E-state index is 12.7. The molecule has 1 aliphatic rings. The van der Waals surface area contributed by atoms with Crippen LogP contribution in [0.4, 0.5) is 5.69 Å². The molecule has 0 spiro atoms. The van der Waals surface area contributed by atoms with Crippen LogP contribution in [0.1, 0.15) is 24.9 Å². The molecule has 2 amide bonds. The first-order valence-electron chi connectivity index (χ1n) is 8.22. The average molecular weight is 393 g/mol. The second kappa shape index (κ2) is 7.98. The molecule has 2 aromatic carbocycles. The molecule has 5 nitrogen and oxygen atoms in total. The highest BCUT2D eigenvalue weighted by atomic mass is 35.5. The van der Waals surface area contributed by atoms with E-state index in [0.717, 1.165) is 11.3 Å². The zero-order chi connectivity index (χ0) is 18.7. The van der Waals surface area contributed by atoms with E-state index in [0.29, 0.717) is 35.4 Å². The highest BCUT2D eigenvalue weighted by Gasteiger charge is 2.37. The molecule has 7 heteroatoms. The summed E-state index contributed by atoms with van der Waals surface area (Å²) in [5, 5.41) is 3.71. The molecule has 2 aromatic rings. The van der Waals surface area contributed by atoms with Crippen molar-refractivity contribution >= 4 is 40.7 Å². The number of para-hydroxylation sites is 1. The van der Waals surface area contributed by atoms with E-state index in [2.05, 4.69) is 5.32 Å². The van der Waals surface area contributed by atoms with Crippen LogP contribution in [0.25, 0.3) is 0 Å². The molecule has 1 atom stereocenters. The minimum absolute atomic E-state index is 0.133. The van der Waals surface area contributed by atoms with Crippen molar-refractivity contribution in [2.45, 2.75) is 19.4 Å². The normalized spacial score (nSPS) is 15.7. The number of nitrogens with one attached hydrogen (secondary N) is 1. The van der Waals surface area contributed by atoms with Crippen LogP contribution < -0.4 is 15.0 Å². The molecule has 1 heterocycles. The highest BCUT2D eigenvalue weighted by molar-refractivity contribution is 6.35. The molecule has 0 aromatic heterocycles. The Balaban J connectivity index is 1.62. The summed E-state index contributed by atoms with van der Waals surface area (Å²) in [6.45, 7) is 2.29. The minimum Gasteiger partial charge on any atom is -0.492 e. The van der Waals surface area contributed by atoms with Gasteiger partial charge in [-0.25, -0.2) is 0 Å². The van der Waals surface area contributed by atoms with E-state index in [-0.39, 0.29) is 11.8 Å². The Bertz CT molecular complexity index is 841. The highest BCUT2D eigenvalue weighted by Crippen LogP contribution is 2.35. The largest absolute Gasteiger partial charge is 0.492 e. The van der Waals surface area contributed by atoms with Crippen LogP contribution in [0.15, 0.2) is 42.5 Å². The van der Waals surface area contributed by atoms with Gasteiger partial charge in [-0.05, 0) is 30.7 Å². The number of amides is 2. The van der Waals surface area contributed by atoms with Gasteiger partial charge >= 0.3 is 0 Å². The Morgan fingerprint density at radius 3 is 2.73 bits per heavy atom. The maximum atomic E-state index is 12.7. The Kier molecular flexibility index (Phi) is 5.69. The number of rotatable bonds is 6. The van der Waals surface area contributed by atoms with Gasteiger partial charge in [-0.3, -0.25) is 9.59 Å². The summed E-state index contributed by atoms with van der Waals surface area (Å²) < 4.78 is 5.67. The average Bonchev–Trinajstić information content (AvgIpc) is 2.85. The number of benzene rings is 2. The van der Waals surface area contributed by atoms with Crippen molar-refractivity contribution in [1.82, 2.24) is 5.32 Å². The number of carbonyl (C=O) groups excluding carboxylic acids is 2. The van der Waals surface area contributed by atoms with Crippen molar-refractivity contribution in [2.24, 2.45) is 0 Å². The summed E-state index contributed by atoms with van der Waals surface area (Å²) in [7, 11) is 0. The molecule has 0 radical (unpaired) electrons. The monoisotopic (exact) mass is 392 g/mol. The molecule has 1 aliphatic heterocycles. The summed E-state index contributed by atoms with van der Waals surface area (Å²) in [5.74, 6) is 0.187. The topological polar surface area (TPSA) is 58.6 Å². The van der Waals surface area contributed by atoms with Crippen molar-refractivity contribution in [1.29, 1.82) is 0 Å². The van der Waals surface area contributed by atoms with Gasteiger partial charge in [0, 0.05) is 29.7 Å². The standard InChI is InChI=1S/C19H18Cl2N2O3/c1-12(24)22-18-14-5-2-3-6-16(14)23(19(18)25)9-4-10-26-17-8-7-13(20)11-15(17)21/h2-3,5-8,11,18H,4,9-10H2,1H3,(H,22,24)/t18-/m0/s1. The van der Waals surface area contributed by atoms with Crippen molar-refractivity contribution < 1.29 is 14.3 Å². The predicted molar refractivity (Wildman–Crippen MR) is 102 cm³/mol. The van der Waals surface area contributed by atoms with E-state index >= 15 is 0 Å². The van der Waals surface area contributed by atoms with E-state index in [1.165, 1.54) is 6.92 Å². The third-order valence-electron chi connectivity index (χ3n) is 4.08. The first kappa shape index (κ1) is 18.5. The molecule has 3 rings (SSSR count). The summed E-state index contributed by atoms with van der Waals surface area (Å²) in [6.07, 6.45) is 0.617. The zero-order valence-corrected chi connectivity index (χ0v) is 15.7. The van der Waals surface area contributed by atoms with Gasteiger partial charge in [0.1, 0.15) is 11.8 Å². The quantitative estimate of drug-likeness (QED) is 0.756. The van der Waals surface area contributed by atoms with Gasteiger partial charge < -0.3 is 15.0 Å². The molecule has 0 bridgehead atoms. The smallest absolute Gasteiger partial charge is 0.254 e. The maximum Gasteiger partial charge on any atom is 0.254 e. The van der Waals surface area contributed by atoms with Crippen LogP contribution in [-0.2, 0) is 9.59 Å². The molecule has 136 valence electrons. The summed E-state index contributed by atoms with van der Waals surface area (Å²) >= 11 is 11.9. The molecular formula is C19H18Cl2N2O3. The molecule has 1 N–H and O–H groups in total. The minimum atomic E-state index is -0.629. The fourth-order valence-electron chi connectivity index (χ4n) is 2.96. The Labute approximate surface area is 161 Å². The molecule has 26 heavy (non-hydrogen) atoms. The van der Waals surface area contributed by atoms with Gasteiger partial charge in [-0.15, -0.1) is 0 Å². The second-order valence-electron chi connectivity index (χ2n) is 5.96. The lowest BCUT2D eigenvalue weighted by Crippen LogP contribution is -2.37. The molecule has 0 fully saturated rings.